The molecule has 0 unspecified atom stereocenters. The van der Waals surface area contributed by atoms with Gasteiger partial charge in [0.2, 0.25) is 5.91 Å². The van der Waals surface area contributed by atoms with Gasteiger partial charge in [-0.1, -0.05) is 6.07 Å². The molecule has 7 heteroatoms. The molecule has 23 heavy (non-hydrogen) atoms. The summed E-state index contributed by atoms with van der Waals surface area (Å²) in [6.45, 7) is 0. The molecule has 0 atom stereocenters. The van der Waals surface area contributed by atoms with Crippen LogP contribution in [0.25, 0.3) is 11.3 Å². The Bertz CT molecular complexity index is 869. The van der Waals surface area contributed by atoms with E-state index in [-0.39, 0.29) is 11.5 Å². The molecule has 3 rings (SSSR count). The van der Waals surface area contributed by atoms with Crippen LogP contribution in [0.1, 0.15) is 12.0 Å². The maximum atomic E-state index is 11.4. The van der Waals surface area contributed by atoms with E-state index in [9.17, 15) is 4.79 Å². The van der Waals surface area contributed by atoms with E-state index in [1.165, 1.54) is 17.5 Å². The SMILES string of the molecule is N#CC(C#N)=CNc1nc(-c2ccc3c(c2)CCC(=O)N3)cs1. The topological polar surface area (TPSA) is 102 Å². The lowest BCUT2D eigenvalue weighted by Gasteiger charge is -2.17. The second-order valence-electron chi connectivity index (χ2n) is 4.88. The van der Waals surface area contributed by atoms with Crippen molar-refractivity contribution in [2.24, 2.45) is 0 Å². The zero-order valence-electron chi connectivity index (χ0n) is 12.0. The standard InChI is InChI=1S/C16H11N5OS/c17-6-10(7-18)8-19-16-21-14(9-23-16)12-1-3-13-11(5-12)2-4-15(22)20-13/h1,3,5,8-9H,2,4H2,(H,19,21)(H,20,22). The van der Waals surface area contributed by atoms with Crippen molar-refractivity contribution in [2.75, 3.05) is 10.6 Å². The van der Waals surface area contributed by atoms with Gasteiger partial charge in [-0.25, -0.2) is 4.98 Å². The van der Waals surface area contributed by atoms with Gasteiger partial charge < -0.3 is 10.6 Å². The third kappa shape index (κ3) is 3.20. The Kier molecular flexibility index (Phi) is 4.05. The molecule has 2 N–H and O–H groups in total. The number of hydrogen-bond donors (Lipinski definition) is 2. The monoisotopic (exact) mass is 321 g/mol. The van der Waals surface area contributed by atoms with Crippen molar-refractivity contribution >= 4 is 28.1 Å². The summed E-state index contributed by atoms with van der Waals surface area (Å²) in [4.78, 5) is 15.8. The van der Waals surface area contributed by atoms with Gasteiger partial charge in [-0.15, -0.1) is 11.3 Å². The normalized spacial score (nSPS) is 12.3. The van der Waals surface area contributed by atoms with Crippen molar-refractivity contribution in [1.82, 2.24) is 4.98 Å². The number of benzene rings is 1. The predicted octanol–water partition coefficient (Wildman–Crippen LogP) is 3.04. The number of carbonyl (C=O) groups is 1. The van der Waals surface area contributed by atoms with Crippen molar-refractivity contribution in [3.05, 3.63) is 40.9 Å². The summed E-state index contributed by atoms with van der Waals surface area (Å²) in [5.41, 5.74) is 3.72. The van der Waals surface area contributed by atoms with Crippen molar-refractivity contribution in [1.29, 1.82) is 10.5 Å². The van der Waals surface area contributed by atoms with Crippen LogP contribution in [0.15, 0.2) is 35.4 Å². The number of anilines is 2. The van der Waals surface area contributed by atoms with Crippen LogP contribution in [0.5, 0.6) is 0 Å². The summed E-state index contributed by atoms with van der Waals surface area (Å²) in [6, 6.07) is 9.38. The number of hydrogen-bond acceptors (Lipinski definition) is 6. The summed E-state index contributed by atoms with van der Waals surface area (Å²) >= 11 is 1.39. The Labute approximate surface area is 136 Å². The molecule has 0 fully saturated rings. The fourth-order valence-electron chi connectivity index (χ4n) is 2.24. The number of nitriles is 2. The van der Waals surface area contributed by atoms with E-state index in [0.717, 1.165) is 28.9 Å². The van der Waals surface area contributed by atoms with Crippen molar-refractivity contribution in [3.63, 3.8) is 0 Å². The summed E-state index contributed by atoms with van der Waals surface area (Å²) in [5, 5.41) is 25.6. The lowest BCUT2D eigenvalue weighted by Crippen LogP contribution is -2.18. The van der Waals surface area contributed by atoms with Gasteiger partial charge in [0.1, 0.15) is 17.7 Å². The van der Waals surface area contributed by atoms with Gasteiger partial charge in [-0.3, -0.25) is 4.79 Å². The lowest BCUT2D eigenvalue weighted by atomic mass is 9.99. The number of fused-ring (bicyclic) bond motifs is 1. The number of rotatable bonds is 3. The predicted molar refractivity (Wildman–Crippen MR) is 87.4 cm³/mol. The van der Waals surface area contributed by atoms with Crippen molar-refractivity contribution in [2.45, 2.75) is 12.8 Å². The Morgan fingerprint density at radius 3 is 2.96 bits per heavy atom. The molecule has 0 saturated heterocycles. The molecule has 1 aliphatic heterocycles. The molecular formula is C16H11N5OS. The molecule has 1 aliphatic rings. The number of thiazole rings is 1. The molecule has 2 aromatic rings. The van der Waals surface area contributed by atoms with Crippen LogP contribution in [0.3, 0.4) is 0 Å². The van der Waals surface area contributed by atoms with Crippen molar-refractivity contribution in [3.8, 4) is 23.4 Å². The third-order valence-electron chi connectivity index (χ3n) is 3.38. The molecule has 1 aromatic carbocycles. The molecule has 0 spiro atoms. The smallest absolute Gasteiger partial charge is 0.224 e. The van der Waals surface area contributed by atoms with Crippen LogP contribution in [0.2, 0.25) is 0 Å². The molecule has 0 saturated carbocycles. The first kappa shape index (κ1) is 14.8. The number of nitrogens with zero attached hydrogens (tertiary/aromatic N) is 3. The largest absolute Gasteiger partial charge is 0.336 e. The van der Waals surface area contributed by atoms with Crippen LogP contribution in [-0.2, 0) is 11.2 Å². The van der Waals surface area contributed by atoms with E-state index in [1.54, 1.807) is 12.1 Å². The fourth-order valence-corrected chi connectivity index (χ4v) is 2.93. The first-order valence-electron chi connectivity index (χ1n) is 6.85. The van der Waals surface area contributed by atoms with Gasteiger partial charge in [0.25, 0.3) is 0 Å². The summed E-state index contributed by atoms with van der Waals surface area (Å²) in [5.74, 6) is 0.0444. The average molecular weight is 321 g/mol. The third-order valence-corrected chi connectivity index (χ3v) is 4.16. The minimum Gasteiger partial charge on any atom is -0.336 e. The minimum absolute atomic E-state index is 0.00808. The van der Waals surface area contributed by atoms with Crippen molar-refractivity contribution < 1.29 is 4.79 Å². The molecule has 1 amide bonds. The Morgan fingerprint density at radius 2 is 2.17 bits per heavy atom. The first-order chi connectivity index (χ1) is 11.2. The number of allylic oxidation sites excluding steroid dienone is 1. The summed E-state index contributed by atoms with van der Waals surface area (Å²) in [7, 11) is 0. The quantitative estimate of drug-likeness (QED) is 0.846. The zero-order chi connectivity index (χ0) is 16.2. The molecule has 0 aliphatic carbocycles. The number of amides is 1. The van der Waals surface area contributed by atoms with Crippen LogP contribution in [0.4, 0.5) is 10.8 Å². The zero-order valence-corrected chi connectivity index (χ0v) is 12.8. The Morgan fingerprint density at radius 1 is 1.35 bits per heavy atom. The lowest BCUT2D eigenvalue weighted by molar-refractivity contribution is -0.116. The minimum atomic E-state index is -0.00808. The van der Waals surface area contributed by atoms with Gasteiger partial charge in [-0.05, 0) is 24.1 Å². The second kappa shape index (κ2) is 6.30. The second-order valence-corrected chi connectivity index (χ2v) is 5.74. The molecule has 0 radical (unpaired) electrons. The fraction of sp³-hybridized carbons (Fsp3) is 0.125. The molecule has 112 valence electrons. The maximum Gasteiger partial charge on any atom is 0.224 e. The number of aromatic nitrogens is 1. The van der Waals surface area contributed by atoms with E-state index >= 15 is 0 Å². The van der Waals surface area contributed by atoms with Crippen LogP contribution in [0, 0.1) is 22.7 Å². The van der Waals surface area contributed by atoms with E-state index in [2.05, 4.69) is 15.6 Å². The highest BCUT2D eigenvalue weighted by Crippen LogP contribution is 2.30. The molecule has 2 heterocycles. The van der Waals surface area contributed by atoms with Gasteiger partial charge in [0, 0.05) is 29.3 Å². The molecule has 6 nitrogen and oxygen atoms in total. The van der Waals surface area contributed by atoms with Gasteiger partial charge in [0.15, 0.2) is 5.13 Å². The Balaban J connectivity index is 1.81. The number of carbonyl (C=O) groups excluding carboxylic acids is 1. The summed E-state index contributed by atoms with van der Waals surface area (Å²) in [6.07, 6.45) is 2.56. The molecule has 0 bridgehead atoms. The van der Waals surface area contributed by atoms with Gasteiger partial charge in [-0.2, -0.15) is 10.5 Å². The van der Waals surface area contributed by atoms with Gasteiger partial charge in [0.05, 0.1) is 5.69 Å². The van der Waals surface area contributed by atoms with E-state index < -0.39 is 0 Å². The van der Waals surface area contributed by atoms with E-state index in [1.807, 2.05) is 23.6 Å². The highest BCUT2D eigenvalue weighted by atomic mass is 32.1. The highest BCUT2D eigenvalue weighted by molar-refractivity contribution is 7.14. The van der Waals surface area contributed by atoms with E-state index in [0.29, 0.717) is 11.6 Å². The average Bonchev–Trinajstić information content (AvgIpc) is 3.04. The Hall–Kier alpha value is -3.16. The first-order valence-corrected chi connectivity index (χ1v) is 7.73. The molecule has 1 aromatic heterocycles. The van der Waals surface area contributed by atoms with Crippen LogP contribution in [-0.4, -0.2) is 10.9 Å². The van der Waals surface area contributed by atoms with Crippen LogP contribution < -0.4 is 10.6 Å². The highest BCUT2D eigenvalue weighted by Gasteiger charge is 2.15. The van der Waals surface area contributed by atoms with Gasteiger partial charge >= 0.3 is 0 Å². The number of aryl methyl sites for hydroxylation is 1. The number of nitrogens with one attached hydrogen (secondary N) is 2. The maximum absolute atomic E-state index is 11.4. The van der Waals surface area contributed by atoms with Crippen LogP contribution >= 0.6 is 11.3 Å². The summed E-state index contributed by atoms with van der Waals surface area (Å²) < 4.78 is 0. The van der Waals surface area contributed by atoms with E-state index in [4.69, 9.17) is 10.5 Å². The molecular weight excluding hydrogens is 310 g/mol.